The van der Waals surface area contributed by atoms with Crippen molar-refractivity contribution in [3.63, 3.8) is 0 Å². The molecule has 7 nitrogen and oxygen atoms in total. The normalized spacial score (nSPS) is 11.1. The van der Waals surface area contributed by atoms with Gasteiger partial charge in [-0.15, -0.1) is 17.5 Å². The van der Waals surface area contributed by atoms with Crippen molar-refractivity contribution in [3.8, 4) is 0 Å². The SMILES string of the molecule is Cl.NC(=Nn1cccc1/C=N/O)NC(=O)c1ccccc1. The number of carbonyl (C=O) groups is 1. The molecule has 1 aromatic heterocycles. The molecular weight excluding hydrogens is 294 g/mol. The van der Waals surface area contributed by atoms with E-state index in [1.165, 1.54) is 10.9 Å². The molecule has 21 heavy (non-hydrogen) atoms. The fourth-order valence-corrected chi connectivity index (χ4v) is 1.56. The summed E-state index contributed by atoms with van der Waals surface area (Å²) in [6.07, 6.45) is 2.81. The molecule has 0 atom stereocenters. The zero-order chi connectivity index (χ0) is 14.4. The Balaban J connectivity index is 0.00000220. The van der Waals surface area contributed by atoms with Gasteiger partial charge in [-0.25, -0.2) is 4.68 Å². The van der Waals surface area contributed by atoms with E-state index in [-0.39, 0.29) is 24.3 Å². The molecule has 2 rings (SSSR count). The molecule has 0 radical (unpaired) electrons. The summed E-state index contributed by atoms with van der Waals surface area (Å²) in [7, 11) is 0. The average molecular weight is 308 g/mol. The monoisotopic (exact) mass is 307 g/mol. The summed E-state index contributed by atoms with van der Waals surface area (Å²) in [4.78, 5) is 11.8. The maximum Gasteiger partial charge on any atom is 0.257 e. The zero-order valence-corrected chi connectivity index (χ0v) is 11.7. The average Bonchev–Trinajstić information content (AvgIpc) is 2.87. The molecule has 1 amide bonds. The highest BCUT2D eigenvalue weighted by Gasteiger charge is 2.06. The van der Waals surface area contributed by atoms with Gasteiger partial charge in [0.25, 0.3) is 5.91 Å². The van der Waals surface area contributed by atoms with Gasteiger partial charge in [-0.2, -0.15) is 0 Å². The van der Waals surface area contributed by atoms with Crippen LogP contribution in [0.15, 0.2) is 58.9 Å². The first kappa shape index (κ1) is 16.3. The standard InChI is InChI=1S/C13H13N5O2.ClH/c14-13(16-12(19)10-5-2-1-3-6-10)17-18-8-4-7-11(18)9-15-20;/h1-9,20H,(H3,14,16,17,19);1H/b15-9+;. The summed E-state index contributed by atoms with van der Waals surface area (Å²) in [5.41, 5.74) is 6.66. The number of hydrogen-bond acceptors (Lipinski definition) is 4. The van der Waals surface area contributed by atoms with Crippen LogP contribution < -0.4 is 11.1 Å². The van der Waals surface area contributed by atoms with Crippen LogP contribution in [0.4, 0.5) is 0 Å². The molecule has 0 aliphatic heterocycles. The maximum absolute atomic E-state index is 11.8. The number of halogens is 1. The molecule has 0 saturated carbocycles. The van der Waals surface area contributed by atoms with Crippen molar-refractivity contribution in [1.29, 1.82) is 0 Å². The molecule has 8 heteroatoms. The Kier molecular flexibility index (Phi) is 5.97. The van der Waals surface area contributed by atoms with Crippen LogP contribution in [0.25, 0.3) is 0 Å². The highest BCUT2D eigenvalue weighted by atomic mass is 35.5. The molecule has 4 N–H and O–H groups in total. The van der Waals surface area contributed by atoms with E-state index in [1.807, 2.05) is 6.07 Å². The Bertz CT molecular complexity index is 652. The van der Waals surface area contributed by atoms with Crippen molar-refractivity contribution in [1.82, 2.24) is 9.99 Å². The van der Waals surface area contributed by atoms with Gasteiger partial charge in [0.1, 0.15) is 0 Å². The Morgan fingerprint density at radius 1 is 1.24 bits per heavy atom. The second kappa shape index (κ2) is 7.71. The molecule has 0 fully saturated rings. The molecule has 0 spiro atoms. The molecule has 1 aromatic carbocycles. The summed E-state index contributed by atoms with van der Waals surface area (Å²) < 4.78 is 1.38. The summed E-state index contributed by atoms with van der Waals surface area (Å²) in [5, 5.41) is 17.9. The fourth-order valence-electron chi connectivity index (χ4n) is 1.56. The zero-order valence-electron chi connectivity index (χ0n) is 10.9. The van der Waals surface area contributed by atoms with E-state index in [1.54, 1.807) is 42.6 Å². The Morgan fingerprint density at radius 3 is 2.62 bits per heavy atom. The van der Waals surface area contributed by atoms with Crippen molar-refractivity contribution in [2.24, 2.45) is 16.0 Å². The van der Waals surface area contributed by atoms with E-state index in [4.69, 9.17) is 10.9 Å². The molecule has 0 unspecified atom stereocenters. The van der Waals surface area contributed by atoms with Crippen LogP contribution in [-0.4, -0.2) is 28.0 Å². The van der Waals surface area contributed by atoms with Gasteiger partial charge in [0.2, 0.25) is 5.96 Å². The molecule has 110 valence electrons. The number of nitrogens with two attached hydrogens (primary N) is 1. The first-order chi connectivity index (χ1) is 9.70. The van der Waals surface area contributed by atoms with Crippen molar-refractivity contribution in [2.75, 3.05) is 0 Å². The third kappa shape index (κ3) is 4.36. The topological polar surface area (TPSA) is 105 Å². The Labute approximate surface area is 127 Å². The van der Waals surface area contributed by atoms with Crippen molar-refractivity contribution in [3.05, 3.63) is 59.9 Å². The van der Waals surface area contributed by atoms with Gasteiger partial charge < -0.3 is 10.9 Å². The van der Waals surface area contributed by atoms with Crippen LogP contribution in [0, 0.1) is 0 Å². The third-order valence-corrected chi connectivity index (χ3v) is 2.44. The Hall–Kier alpha value is -2.80. The number of hydrogen-bond donors (Lipinski definition) is 3. The van der Waals surface area contributed by atoms with Crippen LogP contribution in [0.2, 0.25) is 0 Å². The van der Waals surface area contributed by atoms with Gasteiger partial charge in [0.05, 0.1) is 11.9 Å². The van der Waals surface area contributed by atoms with E-state index in [2.05, 4.69) is 15.6 Å². The minimum atomic E-state index is -0.351. The van der Waals surface area contributed by atoms with Gasteiger partial charge in [0, 0.05) is 11.8 Å². The van der Waals surface area contributed by atoms with Gasteiger partial charge in [0.15, 0.2) is 0 Å². The van der Waals surface area contributed by atoms with Crippen LogP contribution in [-0.2, 0) is 0 Å². The lowest BCUT2D eigenvalue weighted by Gasteiger charge is -2.05. The van der Waals surface area contributed by atoms with Crippen molar-refractivity contribution < 1.29 is 10.0 Å². The molecule has 1 heterocycles. The van der Waals surface area contributed by atoms with Crippen molar-refractivity contribution in [2.45, 2.75) is 0 Å². The maximum atomic E-state index is 11.8. The van der Waals surface area contributed by atoms with Gasteiger partial charge in [-0.1, -0.05) is 23.4 Å². The first-order valence-corrected chi connectivity index (χ1v) is 5.76. The quantitative estimate of drug-likeness (QED) is 0.344. The molecule has 0 aliphatic carbocycles. The summed E-state index contributed by atoms with van der Waals surface area (Å²) in [6.45, 7) is 0. The summed E-state index contributed by atoms with van der Waals surface area (Å²) in [5.74, 6) is -0.418. The molecular formula is C13H14ClN5O2. The number of carbonyl (C=O) groups excluding carboxylic acids is 1. The van der Waals surface area contributed by atoms with Crippen molar-refractivity contribution >= 4 is 30.5 Å². The number of aromatic nitrogens is 1. The smallest absolute Gasteiger partial charge is 0.257 e. The fraction of sp³-hybridized carbons (Fsp3) is 0. The molecule has 0 bridgehead atoms. The van der Waals surface area contributed by atoms with Crippen LogP contribution >= 0.6 is 12.4 Å². The van der Waals surface area contributed by atoms with E-state index < -0.39 is 0 Å². The van der Waals surface area contributed by atoms with E-state index in [0.29, 0.717) is 11.3 Å². The first-order valence-electron chi connectivity index (χ1n) is 5.76. The molecule has 0 aliphatic rings. The summed E-state index contributed by atoms with van der Waals surface area (Å²) >= 11 is 0. The predicted molar refractivity (Wildman–Crippen MR) is 82.0 cm³/mol. The highest BCUT2D eigenvalue weighted by molar-refractivity contribution is 6.05. The number of benzene rings is 1. The van der Waals surface area contributed by atoms with Gasteiger partial charge in [-0.3, -0.25) is 10.1 Å². The predicted octanol–water partition coefficient (Wildman–Crippen LogP) is 1.23. The van der Waals surface area contributed by atoms with Gasteiger partial charge in [-0.05, 0) is 24.3 Å². The third-order valence-electron chi connectivity index (χ3n) is 2.44. The van der Waals surface area contributed by atoms with Gasteiger partial charge >= 0.3 is 0 Å². The number of nitrogens with zero attached hydrogens (tertiary/aromatic N) is 3. The highest BCUT2D eigenvalue weighted by Crippen LogP contribution is 1.99. The van der Waals surface area contributed by atoms with E-state index in [9.17, 15) is 4.79 Å². The largest absolute Gasteiger partial charge is 0.411 e. The number of oxime groups is 1. The lowest BCUT2D eigenvalue weighted by molar-refractivity contribution is 0.0976. The number of nitrogens with one attached hydrogen (secondary N) is 1. The lowest BCUT2D eigenvalue weighted by atomic mass is 10.2. The van der Waals surface area contributed by atoms with Crippen LogP contribution in [0.1, 0.15) is 16.1 Å². The second-order valence-electron chi connectivity index (χ2n) is 3.83. The second-order valence-corrected chi connectivity index (χ2v) is 3.83. The van der Waals surface area contributed by atoms with E-state index in [0.717, 1.165) is 0 Å². The lowest BCUT2D eigenvalue weighted by Crippen LogP contribution is -2.37. The van der Waals surface area contributed by atoms with E-state index >= 15 is 0 Å². The number of guanidine groups is 1. The summed E-state index contributed by atoms with van der Waals surface area (Å²) in [6, 6.07) is 12.0. The number of rotatable bonds is 3. The van der Waals surface area contributed by atoms with Crippen LogP contribution in [0.5, 0.6) is 0 Å². The number of amides is 1. The molecule has 0 saturated heterocycles. The molecule has 2 aromatic rings. The Morgan fingerprint density at radius 2 is 1.95 bits per heavy atom. The van der Waals surface area contributed by atoms with Crippen LogP contribution in [0.3, 0.4) is 0 Å². The minimum absolute atomic E-state index is 0. The minimum Gasteiger partial charge on any atom is -0.411 e.